The normalized spacial score (nSPS) is 9.64. The number of carbonyl (C=O) groups is 1. The fourth-order valence-corrected chi connectivity index (χ4v) is 0.702. The summed E-state index contributed by atoms with van der Waals surface area (Å²) >= 11 is 0. The van der Waals surface area contributed by atoms with Gasteiger partial charge in [0.2, 0.25) is 5.91 Å². The van der Waals surface area contributed by atoms with Gasteiger partial charge >= 0.3 is 0 Å². The highest BCUT2D eigenvalue weighted by Crippen LogP contribution is 2.03. The molecule has 60 valence electrons. The number of carbonyl (C=O) groups excluding carboxylic acids is 1. The number of aromatic nitrogens is 1. The molecule has 0 saturated carbocycles. The second-order valence-electron chi connectivity index (χ2n) is 2.33. The summed E-state index contributed by atoms with van der Waals surface area (Å²) < 4.78 is 4.68. The molecule has 0 aliphatic heterocycles. The van der Waals surface area contributed by atoms with Gasteiger partial charge in [-0.3, -0.25) is 4.79 Å². The zero-order valence-electron chi connectivity index (χ0n) is 6.55. The Morgan fingerprint density at radius 1 is 1.82 bits per heavy atom. The Bertz CT molecular complexity index is 255. The van der Waals surface area contributed by atoms with Gasteiger partial charge < -0.3 is 9.84 Å². The predicted octanol–water partition coefficient (Wildman–Crippen LogP) is 0.619. The highest BCUT2D eigenvalue weighted by Gasteiger charge is 2.01. The first-order valence-corrected chi connectivity index (χ1v) is 3.34. The molecule has 11 heavy (non-hydrogen) atoms. The van der Waals surface area contributed by atoms with Gasteiger partial charge in [0.25, 0.3) is 0 Å². The van der Waals surface area contributed by atoms with Crippen molar-refractivity contribution in [1.29, 1.82) is 0 Å². The quantitative estimate of drug-likeness (QED) is 0.679. The topological polar surface area (TPSA) is 55.1 Å². The van der Waals surface area contributed by atoms with Crippen LogP contribution >= 0.6 is 0 Å². The lowest BCUT2D eigenvalue weighted by molar-refractivity contribution is -0.119. The van der Waals surface area contributed by atoms with Gasteiger partial charge in [-0.2, -0.15) is 0 Å². The van der Waals surface area contributed by atoms with Crippen molar-refractivity contribution in [2.75, 3.05) is 0 Å². The first kappa shape index (κ1) is 7.78. The van der Waals surface area contributed by atoms with E-state index in [9.17, 15) is 4.79 Å². The van der Waals surface area contributed by atoms with Crippen LogP contribution in [-0.4, -0.2) is 11.1 Å². The van der Waals surface area contributed by atoms with E-state index in [1.807, 2.05) is 6.92 Å². The highest BCUT2D eigenvalue weighted by molar-refractivity contribution is 5.72. The van der Waals surface area contributed by atoms with Crippen LogP contribution in [0.4, 0.5) is 0 Å². The number of rotatable bonds is 2. The smallest absolute Gasteiger partial charge is 0.217 e. The first-order valence-electron chi connectivity index (χ1n) is 3.34. The van der Waals surface area contributed by atoms with Crippen molar-refractivity contribution in [1.82, 2.24) is 10.5 Å². The van der Waals surface area contributed by atoms with Crippen LogP contribution in [0, 0.1) is 6.92 Å². The zero-order valence-corrected chi connectivity index (χ0v) is 6.55. The molecule has 0 aliphatic carbocycles. The van der Waals surface area contributed by atoms with Crippen LogP contribution in [0.2, 0.25) is 0 Å². The number of hydrogen-bond donors (Lipinski definition) is 1. The van der Waals surface area contributed by atoms with Gasteiger partial charge in [-0.05, 0) is 6.92 Å². The number of nitrogens with one attached hydrogen (secondary N) is 1. The Morgan fingerprint density at radius 2 is 2.55 bits per heavy atom. The van der Waals surface area contributed by atoms with Crippen LogP contribution in [0.25, 0.3) is 0 Å². The molecule has 0 fully saturated rings. The van der Waals surface area contributed by atoms with Crippen molar-refractivity contribution >= 4 is 5.91 Å². The minimum atomic E-state index is -0.0504. The van der Waals surface area contributed by atoms with Gasteiger partial charge in [0, 0.05) is 19.0 Å². The second kappa shape index (κ2) is 3.18. The first-order chi connectivity index (χ1) is 5.20. The summed E-state index contributed by atoms with van der Waals surface area (Å²) in [5.74, 6) is -0.0504. The van der Waals surface area contributed by atoms with Crippen molar-refractivity contribution in [2.45, 2.75) is 20.4 Å². The predicted molar refractivity (Wildman–Crippen MR) is 38.8 cm³/mol. The summed E-state index contributed by atoms with van der Waals surface area (Å²) in [5, 5.41) is 6.32. The van der Waals surface area contributed by atoms with Crippen LogP contribution in [0.5, 0.6) is 0 Å². The van der Waals surface area contributed by atoms with Crippen LogP contribution in [0.3, 0.4) is 0 Å². The summed E-state index contributed by atoms with van der Waals surface area (Å²) in [7, 11) is 0. The Kier molecular flexibility index (Phi) is 2.25. The summed E-state index contributed by atoms with van der Waals surface area (Å²) in [4.78, 5) is 10.5. The third-order valence-electron chi connectivity index (χ3n) is 1.38. The molecular formula is C7H10N2O2. The highest BCUT2D eigenvalue weighted by atomic mass is 16.5. The fraction of sp³-hybridized carbons (Fsp3) is 0.429. The van der Waals surface area contributed by atoms with E-state index >= 15 is 0 Å². The monoisotopic (exact) mass is 154 g/mol. The van der Waals surface area contributed by atoms with Crippen molar-refractivity contribution in [3.63, 3.8) is 0 Å². The van der Waals surface area contributed by atoms with Crippen molar-refractivity contribution in [3.05, 3.63) is 17.5 Å². The maximum Gasteiger partial charge on any atom is 0.217 e. The molecule has 4 nitrogen and oxygen atoms in total. The Balaban J connectivity index is 2.51. The summed E-state index contributed by atoms with van der Waals surface area (Å²) in [6, 6.07) is 0. The number of hydrogen-bond acceptors (Lipinski definition) is 3. The van der Waals surface area contributed by atoms with E-state index in [1.165, 1.54) is 13.2 Å². The van der Waals surface area contributed by atoms with Crippen molar-refractivity contribution < 1.29 is 9.32 Å². The summed E-state index contributed by atoms with van der Waals surface area (Å²) in [6.07, 6.45) is 1.53. The molecule has 0 aromatic carbocycles. The molecular weight excluding hydrogens is 144 g/mol. The molecule has 1 N–H and O–H groups in total. The van der Waals surface area contributed by atoms with Gasteiger partial charge in [-0.25, -0.2) is 0 Å². The molecule has 0 bridgehead atoms. The fourth-order valence-electron chi connectivity index (χ4n) is 0.702. The Labute approximate surface area is 64.6 Å². The minimum absolute atomic E-state index is 0.0504. The lowest BCUT2D eigenvalue weighted by atomic mass is 10.3. The number of amides is 1. The van der Waals surface area contributed by atoms with Gasteiger partial charge in [-0.1, -0.05) is 5.16 Å². The Hall–Kier alpha value is -1.32. The number of nitrogens with zero attached hydrogens (tertiary/aromatic N) is 1. The maximum atomic E-state index is 10.5. The van der Waals surface area contributed by atoms with Gasteiger partial charge in [-0.15, -0.1) is 0 Å². The van der Waals surface area contributed by atoms with E-state index in [1.54, 1.807) is 0 Å². The molecule has 1 rings (SSSR count). The van der Waals surface area contributed by atoms with E-state index in [0.29, 0.717) is 6.54 Å². The SMILES string of the molecule is CC(=O)NCc1conc1C. The van der Waals surface area contributed by atoms with Crippen LogP contribution in [-0.2, 0) is 11.3 Å². The third kappa shape index (κ3) is 2.07. The van der Waals surface area contributed by atoms with Gasteiger partial charge in [0.15, 0.2) is 0 Å². The molecule has 0 aliphatic rings. The van der Waals surface area contributed by atoms with E-state index in [-0.39, 0.29) is 5.91 Å². The van der Waals surface area contributed by atoms with Crippen molar-refractivity contribution in [3.8, 4) is 0 Å². The van der Waals surface area contributed by atoms with E-state index in [4.69, 9.17) is 0 Å². The van der Waals surface area contributed by atoms with E-state index in [0.717, 1.165) is 11.3 Å². The third-order valence-corrected chi connectivity index (χ3v) is 1.38. The summed E-state index contributed by atoms with van der Waals surface area (Å²) in [5.41, 5.74) is 1.74. The minimum Gasteiger partial charge on any atom is -0.364 e. The molecule has 0 radical (unpaired) electrons. The summed E-state index contributed by atoms with van der Waals surface area (Å²) in [6.45, 7) is 3.80. The molecule has 0 unspecified atom stereocenters. The molecule has 4 heteroatoms. The second-order valence-corrected chi connectivity index (χ2v) is 2.33. The molecule has 1 aromatic heterocycles. The van der Waals surface area contributed by atoms with Gasteiger partial charge in [0.1, 0.15) is 6.26 Å². The molecule has 0 saturated heterocycles. The van der Waals surface area contributed by atoms with Gasteiger partial charge in [0.05, 0.1) is 5.69 Å². The van der Waals surface area contributed by atoms with Crippen molar-refractivity contribution in [2.24, 2.45) is 0 Å². The van der Waals surface area contributed by atoms with Crippen LogP contribution in [0.1, 0.15) is 18.2 Å². The average Bonchev–Trinajstić information content (AvgIpc) is 2.31. The Morgan fingerprint density at radius 3 is 3.00 bits per heavy atom. The average molecular weight is 154 g/mol. The lowest BCUT2D eigenvalue weighted by Gasteiger charge is -1.97. The van der Waals surface area contributed by atoms with Crippen LogP contribution < -0.4 is 5.32 Å². The largest absolute Gasteiger partial charge is 0.364 e. The molecule has 0 spiro atoms. The standard InChI is InChI=1S/C7H10N2O2/c1-5-7(4-11-9-5)3-8-6(2)10/h4H,3H2,1-2H3,(H,8,10). The zero-order chi connectivity index (χ0) is 8.27. The molecule has 1 aromatic rings. The molecule has 1 heterocycles. The van der Waals surface area contributed by atoms with Crippen LogP contribution in [0.15, 0.2) is 10.8 Å². The lowest BCUT2D eigenvalue weighted by Crippen LogP contribution is -2.18. The number of aryl methyl sites for hydroxylation is 1. The molecule has 0 atom stereocenters. The van der Waals surface area contributed by atoms with E-state index in [2.05, 4.69) is 15.0 Å². The molecule has 1 amide bonds. The maximum absolute atomic E-state index is 10.5. The van der Waals surface area contributed by atoms with E-state index < -0.39 is 0 Å².